The zero-order chi connectivity index (χ0) is 16.6. The number of benzene rings is 2. The third-order valence-electron chi connectivity index (χ3n) is 3.52. The van der Waals surface area contributed by atoms with Crippen LogP contribution in [0.25, 0.3) is 22.2 Å². The molecule has 23 heavy (non-hydrogen) atoms. The van der Waals surface area contributed by atoms with Crippen molar-refractivity contribution in [1.82, 2.24) is 9.55 Å². The SMILES string of the molecule is Cc1ccc2c(c1)c(-c1ccccc1)nc(=O)n2CC(F)(F)F. The first-order valence-corrected chi connectivity index (χ1v) is 6.98. The van der Waals surface area contributed by atoms with Crippen molar-refractivity contribution in [3.63, 3.8) is 0 Å². The number of rotatable bonds is 2. The summed E-state index contributed by atoms with van der Waals surface area (Å²) in [7, 11) is 0. The van der Waals surface area contributed by atoms with Crippen LogP contribution in [0.15, 0.2) is 53.3 Å². The monoisotopic (exact) mass is 318 g/mol. The van der Waals surface area contributed by atoms with E-state index in [2.05, 4.69) is 4.98 Å². The second-order valence-electron chi connectivity index (χ2n) is 5.33. The van der Waals surface area contributed by atoms with Crippen LogP contribution in [0.3, 0.4) is 0 Å². The van der Waals surface area contributed by atoms with Gasteiger partial charge in [-0.2, -0.15) is 18.2 Å². The van der Waals surface area contributed by atoms with E-state index in [4.69, 9.17) is 0 Å². The van der Waals surface area contributed by atoms with Crippen LogP contribution in [0, 0.1) is 6.92 Å². The molecule has 2 aromatic carbocycles. The fourth-order valence-electron chi connectivity index (χ4n) is 2.54. The molecule has 1 aromatic heterocycles. The largest absolute Gasteiger partial charge is 0.406 e. The van der Waals surface area contributed by atoms with E-state index in [1.165, 1.54) is 6.07 Å². The number of alkyl halides is 3. The highest BCUT2D eigenvalue weighted by Crippen LogP contribution is 2.27. The quantitative estimate of drug-likeness (QED) is 0.717. The minimum Gasteiger partial charge on any atom is -0.283 e. The van der Waals surface area contributed by atoms with Gasteiger partial charge in [-0.1, -0.05) is 42.0 Å². The Morgan fingerprint density at radius 3 is 2.43 bits per heavy atom. The van der Waals surface area contributed by atoms with Crippen molar-refractivity contribution in [2.24, 2.45) is 0 Å². The predicted octanol–water partition coefficient (Wildman–Crippen LogP) is 3.93. The third kappa shape index (κ3) is 3.11. The average molecular weight is 318 g/mol. The third-order valence-corrected chi connectivity index (χ3v) is 3.52. The van der Waals surface area contributed by atoms with Crippen molar-refractivity contribution in [1.29, 1.82) is 0 Å². The summed E-state index contributed by atoms with van der Waals surface area (Å²) in [5.74, 6) is 0. The summed E-state index contributed by atoms with van der Waals surface area (Å²) in [4.78, 5) is 16.0. The van der Waals surface area contributed by atoms with Gasteiger partial charge in [0.1, 0.15) is 6.54 Å². The number of halogens is 3. The molecule has 0 N–H and O–H groups in total. The van der Waals surface area contributed by atoms with E-state index in [9.17, 15) is 18.0 Å². The van der Waals surface area contributed by atoms with Gasteiger partial charge in [0.05, 0.1) is 11.2 Å². The van der Waals surface area contributed by atoms with E-state index in [0.717, 1.165) is 5.56 Å². The van der Waals surface area contributed by atoms with Crippen molar-refractivity contribution in [2.75, 3.05) is 0 Å². The molecule has 0 aliphatic heterocycles. The molecule has 118 valence electrons. The maximum absolute atomic E-state index is 12.8. The number of hydrogen-bond donors (Lipinski definition) is 0. The average Bonchev–Trinajstić information content (AvgIpc) is 2.49. The highest BCUT2D eigenvalue weighted by molar-refractivity contribution is 5.92. The van der Waals surface area contributed by atoms with Gasteiger partial charge in [-0.15, -0.1) is 0 Å². The second-order valence-corrected chi connectivity index (χ2v) is 5.33. The highest BCUT2D eigenvalue weighted by Gasteiger charge is 2.30. The molecule has 0 saturated heterocycles. The lowest BCUT2D eigenvalue weighted by atomic mass is 10.0. The number of fused-ring (bicyclic) bond motifs is 1. The molecule has 3 aromatic rings. The maximum Gasteiger partial charge on any atom is 0.406 e. The van der Waals surface area contributed by atoms with Crippen LogP contribution < -0.4 is 5.69 Å². The zero-order valence-electron chi connectivity index (χ0n) is 12.3. The smallest absolute Gasteiger partial charge is 0.283 e. The highest BCUT2D eigenvalue weighted by atomic mass is 19.4. The van der Waals surface area contributed by atoms with Crippen molar-refractivity contribution >= 4 is 10.9 Å². The van der Waals surface area contributed by atoms with Crippen molar-refractivity contribution < 1.29 is 13.2 Å². The van der Waals surface area contributed by atoms with Crippen LogP contribution in [0.5, 0.6) is 0 Å². The van der Waals surface area contributed by atoms with Gasteiger partial charge >= 0.3 is 11.9 Å². The molecule has 3 rings (SSSR count). The standard InChI is InChI=1S/C17H13F3N2O/c1-11-7-8-14-13(9-11)15(12-5-3-2-4-6-12)21-16(23)22(14)10-17(18,19)20/h2-9H,10H2,1H3. The van der Waals surface area contributed by atoms with Gasteiger partial charge in [0, 0.05) is 10.9 Å². The Hall–Kier alpha value is -2.63. The summed E-state index contributed by atoms with van der Waals surface area (Å²) in [6, 6.07) is 13.9. The van der Waals surface area contributed by atoms with E-state index < -0.39 is 18.4 Å². The van der Waals surface area contributed by atoms with Crippen LogP contribution in [0.4, 0.5) is 13.2 Å². The van der Waals surface area contributed by atoms with Crippen molar-refractivity contribution in [3.05, 3.63) is 64.6 Å². The van der Waals surface area contributed by atoms with Gasteiger partial charge in [0.15, 0.2) is 0 Å². The van der Waals surface area contributed by atoms with Gasteiger partial charge in [-0.3, -0.25) is 4.57 Å². The molecule has 0 bridgehead atoms. The van der Waals surface area contributed by atoms with E-state index >= 15 is 0 Å². The number of aryl methyl sites for hydroxylation is 1. The van der Waals surface area contributed by atoms with Gasteiger partial charge < -0.3 is 0 Å². The van der Waals surface area contributed by atoms with E-state index in [-0.39, 0.29) is 5.52 Å². The molecule has 1 heterocycles. The molecule has 0 amide bonds. The first-order chi connectivity index (χ1) is 10.8. The van der Waals surface area contributed by atoms with Crippen LogP contribution in [-0.2, 0) is 6.54 Å². The van der Waals surface area contributed by atoms with Crippen LogP contribution >= 0.6 is 0 Å². The van der Waals surface area contributed by atoms with Gasteiger partial charge in [-0.05, 0) is 19.1 Å². The lowest BCUT2D eigenvalue weighted by molar-refractivity contribution is -0.140. The Labute approximate surface area is 130 Å². The van der Waals surface area contributed by atoms with Crippen molar-refractivity contribution in [2.45, 2.75) is 19.6 Å². The van der Waals surface area contributed by atoms with Crippen LogP contribution in [-0.4, -0.2) is 15.7 Å². The lowest BCUT2D eigenvalue weighted by Gasteiger charge is -2.15. The van der Waals surface area contributed by atoms with Crippen LogP contribution in [0.1, 0.15) is 5.56 Å². The Kier molecular flexibility index (Phi) is 3.67. The summed E-state index contributed by atoms with van der Waals surface area (Å²) in [5, 5.41) is 0.528. The summed E-state index contributed by atoms with van der Waals surface area (Å²) >= 11 is 0. The maximum atomic E-state index is 12.8. The summed E-state index contributed by atoms with van der Waals surface area (Å²) in [5.41, 5.74) is 1.30. The topological polar surface area (TPSA) is 34.9 Å². The molecule has 0 aliphatic carbocycles. The second kappa shape index (κ2) is 5.53. The molecular formula is C17H13F3N2O. The molecule has 0 atom stereocenters. The van der Waals surface area contributed by atoms with Gasteiger partial charge in [-0.25, -0.2) is 4.79 Å². The Morgan fingerprint density at radius 1 is 1.09 bits per heavy atom. The molecule has 0 fully saturated rings. The van der Waals surface area contributed by atoms with Crippen LogP contribution in [0.2, 0.25) is 0 Å². The molecule has 0 radical (unpaired) electrons. The van der Waals surface area contributed by atoms with Gasteiger partial charge in [0.25, 0.3) is 0 Å². The summed E-state index contributed by atoms with van der Waals surface area (Å²) in [6.07, 6.45) is -4.49. The number of aromatic nitrogens is 2. The molecule has 3 nitrogen and oxygen atoms in total. The minimum absolute atomic E-state index is 0.228. The molecule has 0 saturated carbocycles. The predicted molar refractivity (Wildman–Crippen MR) is 82.2 cm³/mol. The first-order valence-electron chi connectivity index (χ1n) is 6.98. The number of nitrogens with zero attached hydrogens (tertiary/aromatic N) is 2. The molecule has 0 spiro atoms. The molecule has 0 unspecified atom stereocenters. The Bertz CT molecular complexity index is 915. The van der Waals surface area contributed by atoms with Crippen molar-refractivity contribution in [3.8, 4) is 11.3 Å². The normalized spacial score (nSPS) is 11.8. The fourth-order valence-corrected chi connectivity index (χ4v) is 2.54. The molecule has 0 aliphatic rings. The fraction of sp³-hybridized carbons (Fsp3) is 0.176. The zero-order valence-corrected chi connectivity index (χ0v) is 12.3. The van der Waals surface area contributed by atoms with Gasteiger partial charge in [0.2, 0.25) is 0 Å². The summed E-state index contributed by atoms with van der Waals surface area (Å²) in [6.45, 7) is 0.487. The van der Waals surface area contributed by atoms with E-state index in [1.54, 1.807) is 36.4 Å². The molecule has 6 heteroatoms. The lowest BCUT2D eigenvalue weighted by Crippen LogP contribution is -2.30. The Balaban J connectivity index is 2.34. The number of hydrogen-bond acceptors (Lipinski definition) is 2. The van der Waals surface area contributed by atoms with E-state index in [0.29, 0.717) is 21.2 Å². The summed E-state index contributed by atoms with van der Waals surface area (Å²) < 4.78 is 39.0. The Morgan fingerprint density at radius 2 is 1.78 bits per heavy atom. The minimum atomic E-state index is -4.49. The molecular weight excluding hydrogens is 305 g/mol. The van der Waals surface area contributed by atoms with E-state index in [1.807, 2.05) is 13.0 Å². The first kappa shape index (κ1) is 15.3.